The molecular weight excluding hydrogens is 325 g/mol. The largest absolute Gasteiger partial charge is 0.480 e. The van der Waals surface area contributed by atoms with E-state index in [0.717, 1.165) is 17.0 Å². The highest BCUT2D eigenvalue weighted by Gasteiger charge is 2.28. The number of carbonyl (C=O) groups excluding carboxylic acids is 2. The quantitative estimate of drug-likeness (QED) is 0.557. The van der Waals surface area contributed by atoms with E-state index in [1.54, 1.807) is 0 Å². The second-order valence-corrected chi connectivity index (χ2v) is 4.92. The molecule has 2 amide bonds. The Morgan fingerprint density at radius 3 is 2.50 bits per heavy atom. The lowest BCUT2D eigenvalue weighted by Gasteiger charge is -2.26. The van der Waals surface area contributed by atoms with Gasteiger partial charge in [-0.2, -0.15) is 0 Å². The van der Waals surface area contributed by atoms with E-state index in [4.69, 9.17) is 5.11 Å². The molecule has 0 bridgehead atoms. The molecule has 0 saturated heterocycles. The number of carboxylic acid groups (broad SMARTS) is 1. The van der Waals surface area contributed by atoms with Gasteiger partial charge in [-0.25, -0.2) is 9.18 Å². The van der Waals surface area contributed by atoms with Crippen molar-refractivity contribution in [3.63, 3.8) is 0 Å². The summed E-state index contributed by atoms with van der Waals surface area (Å²) in [6.45, 7) is 2.30. The van der Waals surface area contributed by atoms with Crippen molar-refractivity contribution in [1.82, 2.24) is 10.2 Å². The molecule has 0 spiro atoms. The Labute approximate surface area is 136 Å². The number of aliphatic carboxylic acids is 1. The van der Waals surface area contributed by atoms with Gasteiger partial charge in [0.25, 0.3) is 11.6 Å². The fourth-order valence-electron chi connectivity index (χ4n) is 1.90. The van der Waals surface area contributed by atoms with Crippen LogP contribution in [-0.4, -0.2) is 51.8 Å². The Morgan fingerprint density at radius 2 is 2.04 bits per heavy atom. The number of amides is 2. The van der Waals surface area contributed by atoms with Gasteiger partial charge < -0.3 is 15.3 Å². The van der Waals surface area contributed by atoms with Crippen LogP contribution in [0.2, 0.25) is 0 Å². The summed E-state index contributed by atoms with van der Waals surface area (Å²) < 4.78 is 14.0. The predicted molar refractivity (Wildman–Crippen MR) is 79.9 cm³/mol. The van der Waals surface area contributed by atoms with E-state index in [0.29, 0.717) is 6.07 Å². The van der Waals surface area contributed by atoms with Gasteiger partial charge >= 0.3 is 5.97 Å². The molecule has 1 aromatic rings. The van der Waals surface area contributed by atoms with Gasteiger partial charge in [-0.15, -0.1) is 0 Å². The van der Waals surface area contributed by atoms with E-state index in [1.807, 2.05) is 0 Å². The average molecular weight is 341 g/mol. The summed E-state index contributed by atoms with van der Waals surface area (Å²) in [5, 5.41) is 22.1. The van der Waals surface area contributed by atoms with Gasteiger partial charge in [0, 0.05) is 26.1 Å². The van der Waals surface area contributed by atoms with E-state index >= 15 is 0 Å². The van der Waals surface area contributed by atoms with Crippen LogP contribution in [0, 0.1) is 15.9 Å². The fraction of sp³-hybridized carbons (Fsp3) is 0.357. The van der Waals surface area contributed by atoms with Crippen LogP contribution < -0.4 is 5.32 Å². The van der Waals surface area contributed by atoms with Crippen LogP contribution in [0.3, 0.4) is 0 Å². The molecule has 10 heteroatoms. The number of benzene rings is 1. The normalized spacial score (nSPS) is 11.5. The Kier molecular flexibility index (Phi) is 6.33. The number of nitrogens with zero attached hydrogens (tertiary/aromatic N) is 2. The van der Waals surface area contributed by atoms with Crippen LogP contribution in [0.15, 0.2) is 18.2 Å². The summed E-state index contributed by atoms with van der Waals surface area (Å²) >= 11 is 0. The molecule has 0 fully saturated rings. The predicted octanol–water partition coefficient (Wildman–Crippen LogP) is 0.785. The number of nitro groups is 1. The minimum absolute atomic E-state index is 0.0205. The fourth-order valence-corrected chi connectivity index (χ4v) is 1.90. The van der Waals surface area contributed by atoms with Gasteiger partial charge in [0.2, 0.25) is 5.91 Å². The second-order valence-electron chi connectivity index (χ2n) is 4.92. The van der Waals surface area contributed by atoms with Gasteiger partial charge in [0.15, 0.2) is 0 Å². The Hall–Kier alpha value is -3.04. The third kappa shape index (κ3) is 4.73. The minimum Gasteiger partial charge on any atom is -0.480 e. The van der Waals surface area contributed by atoms with E-state index in [1.165, 1.54) is 13.8 Å². The number of nitrogens with one attached hydrogen (secondary N) is 1. The number of rotatable bonds is 7. The third-order valence-corrected chi connectivity index (χ3v) is 3.21. The monoisotopic (exact) mass is 341 g/mol. The Morgan fingerprint density at radius 1 is 1.42 bits per heavy atom. The third-order valence-electron chi connectivity index (χ3n) is 3.21. The van der Waals surface area contributed by atoms with Gasteiger partial charge in [-0.3, -0.25) is 19.7 Å². The summed E-state index contributed by atoms with van der Waals surface area (Å²) in [7, 11) is 0. The Bertz CT molecular complexity index is 678. The number of nitro benzene ring substituents is 1. The molecular formula is C14H16FN3O6. The second kappa shape index (κ2) is 7.99. The molecule has 1 rings (SSSR count). The van der Waals surface area contributed by atoms with Gasteiger partial charge in [0.1, 0.15) is 11.9 Å². The van der Waals surface area contributed by atoms with Crippen molar-refractivity contribution in [3.8, 4) is 0 Å². The van der Waals surface area contributed by atoms with Crippen molar-refractivity contribution in [1.29, 1.82) is 0 Å². The maximum atomic E-state index is 14.0. The van der Waals surface area contributed by atoms with Crippen molar-refractivity contribution in [3.05, 3.63) is 39.7 Å². The number of hydrogen-bond acceptors (Lipinski definition) is 5. The first kappa shape index (κ1) is 19.0. The van der Waals surface area contributed by atoms with E-state index < -0.39 is 39.9 Å². The maximum Gasteiger partial charge on any atom is 0.326 e. The molecule has 0 heterocycles. The molecule has 1 aromatic carbocycles. The zero-order valence-electron chi connectivity index (χ0n) is 13.0. The number of halogens is 1. The van der Waals surface area contributed by atoms with Crippen molar-refractivity contribution in [2.24, 2.45) is 0 Å². The SMILES string of the molecule is CC(=O)NCCN(C(=O)c1ccc([N+](=O)[O-])cc1F)C(C)C(=O)O. The lowest BCUT2D eigenvalue weighted by Crippen LogP contribution is -2.47. The van der Waals surface area contributed by atoms with Gasteiger partial charge in [0.05, 0.1) is 16.6 Å². The highest BCUT2D eigenvalue weighted by atomic mass is 19.1. The van der Waals surface area contributed by atoms with Crippen LogP contribution in [-0.2, 0) is 9.59 Å². The highest BCUT2D eigenvalue weighted by molar-refractivity contribution is 5.97. The smallest absolute Gasteiger partial charge is 0.326 e. The summed E-state index contributed by atoms with van der Waals surface area (Å²) in [6, 6.07) is 1.19. The summed E-state index contributed by atoms with van der Waals surface area (Å²) in [5.74, 6) is -3.75. The van der Waals surface area contributed by atoms with Crippen LogP contribution in [0.5, 0.6) is 0 Å². The lowest BCUT2D eigenvalue weighted by molar-refractivity contribution is -0.385. The first-order valence-corrected chi connectivity index (χ1v) is 6.87. The first-order chi connectivity index (χ1) is 11.1. The average Bonchev–Trinajstić information content (AvgIpc) is 2.49. The van der Waals surface area contributed by atoms with Crippen molar-refractivity contribution >= 4 is 23.5 Å². The van der Waals surface area contributed by atoms with Crippen molar-refractivity contribution in [2.45, 2.75) is 19.9 Å². The molecule has 0 radical (unpaired) electrons. The summed E-state index contributed by atoms with van der Waals surface area (Å²) in [5.41, 5.74) is -1.02. The molecule has 1 atom stereocenters. The number of non-ortho nitro benzene ring substituents is 1. The summed E-state index contributed by atoms with van der Waals surface area (Å²) in [4.78, 5) is 45.1. The molecule has 24 heavy (non-hydrogen) atoms. The summed E-state index contributed by atoms with van der Waals surface area (Å²) in [6.07, 6.45) is 0. The molecule has 1 unspecified atom stereocenters. The van der Waals surface area contributed by atoms with Gasteiger partial charge in [-0.05, 0) is 13.0 Å². The van der Waals surface area contributed by atoms with Crippen LogP contribution in [0.25, 0.3) is 0 Å². The standard InChI is InChI=1S/C14H16FN3O6/c1-8(14(21)22)17(6-5-16-9(2)19)13(20)11-4-3-10(18(23)24)7-12(11)15/h3-4,7-8H,5-6H2,1-2H3,(H,16,19)(H,21,22). The maximum absolute atomic E-state index is 14.0. The first-order valence-electron chi connectivity index (χ1n) is 6.87. The van der Waals surface area contributed by atoms with Crippen LogP contribution >= 0.6 is 0 Å². The molecule has 0 aromatic heterocycles. The van der Waals surface area contributed by atoms with Crippen molar-refractivity contribution < 1.29 is 28.8 Å². The number of carbonyl (C=O) groups is 3. The minimum atomic E-state index is -1.31. The molecule has 0 saturated carbocycles. The van der Waals surface area contributed by atoms with E-state index in [9.17, 15) is 28.9 Å². The zero-order valence-corrected chi connectivity index (χ0v) is 13.0. The van der Waals surface area contributed by atoms with Crippen LogP contribution in [0.4, 0.5) is 10.1 Å². The Balaban J connectivity index is 3.08. The lowest BCUT2D eigenvalue weighted by atomic mass is 10.1. The van der Waals surface area contributed by atoms with Crippen LogP contribution in [0.1, 0.15) is 24.2 Å². The van der Waals surface area contributed by atoms with Gasteiger partial charge in [-0.1, -0.05) is 0 Å². The molecule has 9 nitrogen and oxygen atoms in total. The number of hydrogen-bond donors (Lipinski definition) is 2. The van der Waals surface area contributed by atoms with E-state index in [2.05, 4.69) is 5.32 Å². The molecule has 130 valence electrons. The highest BCUT2D eigenvalue weighted by Crippen LogP contribution is 2.19. The zero-order chi connectivity index (χ0) is 18.4. The van der Waals surface area contributed by atoms with E-state index in [-0.39, 0.29) is 19.0 Å². The molecule has 0 aliphatic carbocycles. The van der Waals surface area contributed by atoms with Crippen molar-refractivity contribution in [2.75, 3.05) is 13.1 Å². The molecule has 0 aliphatic heterocycles. The number of carboxylic acids is 1. The molecule has 2 N–H and O–H groups in total. The topological polar surface area (TPSA) is 130 Å². The molecule has 0 aliphatic rings.